The average Bonchev–Trinajstić information content (AvgIpc) is 3.16. The maximum absolute atomic E-state index is 5.45. The third kappa shape index (κ3) is 5.66. The minimum Gasteiger partial charge on any atom is -0.497 e. The quantitative estimate of drug-likeness (QED) is 0.611. The first-order valence-electron chi connectivity index (χ1n) is 9.39. The molecule has 0 saturated carbocycles. The molecule has 0 aliphatic carbocycles. The van der Waals surface area contributed by atoms with Crippen LogP contribution in [-0.4, -0.2) is 23.3 Å². The highest BCUT2D eigenvalue weighted by Crippen LogP contribution is 2.16. The van der Waals surface area contributed by atoms with Crippen LogP contribution in [-0.2, 0) is 12.8 Å². The van der Waals surface area contributed by atoms with E-state index in [1.54, 1.807) is 7.11 Å². The van der Waals surface area contributed by atoms with Crippen LogP contribution in [0, 0.1) is 0 Å². The summed E-state index contributed by atoms with van der Waals surface area (Å²) in [4.78, 5) is 4.54. The number of nitrogens with one attached hydrogen (secondary N) is 1. The first-order valence-corrected chi connectivity index (χ1v) is 9.39. The van der Waals surface area contributed by atoms with Crippen LogP contribution in [0.1, 0.15) is 49.2 Å². The monoisotopic (exact) mass is 365 g/mol. The summed E-state index contributed by atoms with van der Waals surface area (Å²) in [7, 11) is 1.69. The van der Waals surface area contributed by atoms with Crippen molar-refractivity contribution in [3.8, 4) is 5.75 Å². The van der Waals surface area contributed by atoms with Crippen LogP contribution in [0.25, 0.3) is 0 Å². The van der Waals surface area contributed by atoms with Crippen LogP contribution in [0.2, 0.25) is 0 Å². The topological polar surface area (TPSA) is 60.2 Å². The van der Waals surface area contributed by atoms with Crippen LogP contribution in [0.5, 0.6) is 5.75 Å². The molecule has 1 aromatic heterocycles. The van der Waals surface area contributed by atoms with Crippen molar-refractivity contribution < 1.29 is 9.26 Å². The molecule has 0 fully saturated rings. The van der Waals surface area contributed by atoms with E-state index in [1.165, 1.54) is 11.1 Å². The molecule has 5 nitrogen and oxygen atoms in total. The maximum atomic E-state index is 5.45. The molecule has 1 heterocycles. The van der Waals surface area contributed by atoms with Crippen LogP contribution >= 0.6 is 0 Å². The van der Waals surface area contributed by atoms with Gasteiger partial charge in [0.05, 0.1) is 13.2 Å². The number of hydrogen-bond acceptors (Lipinski definition) is 5. The van der Waals surface area contributed by atoms with Gasteiger partial charge in [-0.3, -0.25) is 0 Å². The Morgan fingerprint density at radius 1 is 1.00 bits per heavy atom. The van der Waals surface area contributed by atoms with Gasteiger partial charge in [0, 0.05) is 12.5 Å². The second-order valence-corrected chi connectivity index (χ2v) is 6.89. The Morgan fingerprint density at radius 2 is 1.74 bits per heavy atom. The molecule has 5 heteroatoms. The summed E-state index contributed by atoms with van der Waals surface area (Å²) in [5, 5.41) is 7.66. The molecular weight excluding hydrogens is 338 g/mol. The molecule has 2 aromatic carbocycles. The fourth-order valence-electron chi connectivity index (χ4n) is 3.05. The van der Waals surface area contributed by atoms with Gasteiger partial charge in [0.25, 0.3) is 0 Å². The van der Waals surface area contributed by atoms with Gasteiger partial charge in [-0.25, -0.2) is 0 Å². The minimum absolute atomic E-state index is 0.0212. The van der Waals surface area contributed by atoms with E-state index in [1.807, 2.05) is 30.3 Å². The van der Waals surface area contributed by atoms with Crippen LogP contribution in [0.3, 0.4) is 0 Å². The molecule has 0 aliphatic heterocycles. The van der Waals surface area contributed by atoms with Gasteiger partial charge in [-0.15, -0.1) is 0 Å². The summed E-state index contributed by atoms with van der Waals surface area (Å²) >= 11 is 0. The first kappa shape index (κ1) is 19.1. The predicted octanol–water partition coefficient (Wildman–Crippen LogP) is 4.34. The van der Waals surface area contributed by atoms with Crippen LogP contribution in [0.4, 0.5) is 0 Å². The van der Waals surface area contributed by atoms with E-state index in [0.29, 0.717) is 18.4 Å². The summed E-state index contributed by atoms with van der Waals surface area (Å²) < 4.78 is 10.7. The number of hydrogen-bond donors (Lipinski definition) is 1. The summed E-state index contributed by atoms with van der Waals surface area (Å²) in [5.41, 5.74) is 2.48. The van der Waals surface area contributed by atoms with Crippen molar-refractivity contribution in [3.63, 3.8) is 0 Å². The molecule has 0 spiro atoms. The highest BCUT2D eigenvalue weighted by molar-refractivity contribution is 5.27. The molecule has 27 heavy (non-hydrogen) atoms. The van der Waals surface area contributed by atoms with E-state index in [4.69, 9.17) is 9.26 Å². The Kier molecular flexibility index (Phi) is 6.60. The highest BCUT2D eigenvalue weighted by atomic mass is 16.5. The lowest BCUT2D eigenvalue weighted by atomic mass is 10.1. The SMILES string of the molecule is COc1ccc(CCC(C)NC(C)c2nc(Cc3ccccc3)no2)cc1. The predicted molar refractivity (Wildman–Crippen MR) is 106 cm³/mol. The van der Waals surface area contributed by atoms with Gasteiger partial charge in [0.1, 0.15) is 5.75 Å². The Morgan fingerprint density at radius 3 is 2.44 bits per heavy atom. The lowest BCUT2D eigenvalue weighted by Gasteiger charge is -2.17. The van der Waals surface area contributed by atoms with E-state index >= 15 is 0 Å². The van der Waals surface area contributed by atoms with Gasteiger partial charge < -0.3 is 14.6 Å². The molecule has 0 aliphatic rings. The largest absolute Gasteiger partial charge is 0.497 e. The maximum Gasteiger partial charge on any atom is 0.243 e. The van der Waals surface area contributed by atoms with Crippen LogP contribution in [0.15, 0.2) is 59.1 Å². The molecule has 0 bridgehead atoms. The fraction of sp³-hybridized carbons (Fsp3) is 0.364. The van der Waals surface area contributed by atoms with Crippen molar-refractivity contribution >= 4 is 0 Å². The molecule has 2 atom stereocenters. The van der Waals surface area contributed by atoms with Gasteiger partial charge in [-0.05, 0) is 49.9 Å². The smallest absolute Gasteiger partial charge is 0.243 e. The third-order valence-electron chi connectivity index (χ3n) is 4.62. The standard InChI is InChI=1S/C22H27N3O2/c1-16(9-10-18-11-13-20(26-3)14-12-18)23-17(2)22-24-21(25-27-22)15-19-7-5-4-6-8-19/h4-8,11-14,16-17,23H,9-10,15H2,1-3H3. The Labute approximate surface area is 160 Å². The minimum atomic E-state index is 0.0212. The van der Waals surface area contributed by atoms with Gasteiger partial charge in [-0.2, -0.15) is 4.98 Å². The van der Waals surface area contributed by atoms with Crippen molar-refractivity contribution in [2.24, 2.45) is 0 Å². The molecular formula is C22H27N3O2. The molecule has 0 radical (unpaired) electrons. The average molecular weight is 365 g/mol. The van der Waals surface area contributed by atoms with E-state index in [-0.39, 0.29) is 6.04 Å². The third-order valence-corrected chi connectivity index (χ3v) is 4.62. The number of nitrogens with zero attached hydrogens (tertiary/aromatic N) is 2. The second-order valence-electron chi connectivity index (χ2n) is 6.89. The first-order chi connectivity index (χ1) is 13.1. The second kappa shape index (κ2) is 9.33. The Balaban J connectivity index is 1.48. The van der Waals surface area contributed by atoms with Crippen molar-refractivity contribution in [3.05, 3.63) is 77.4 Å². The lowest BCUT2D eigenvalue weighted by molar-refractivity contribution is 0.321. The number of rotatable bonds is 9. The Hall–Kier alpha value is -2.66. The van der Waals surface area contributed by atoms with E-state index in [2.05, 4.69) is 53.6 Å². The number of ether oxygens (including phenoxy) is 1. The zero-order chi connectivity index (χ0) is 19.1. The zero-order valence-electron chi connectivity index (χ0n) is 16.2. The van der Waals surface area contributed by atoms with Crippen molar-refractivity contribution in [2.75, 3.05) is 7.11 Å². The summed E-state index contributed by atoms with van der Waals surface area (Å²) in [6.45, 7) is 4.24. The van der Waals surface area contributed by atoms with E-state index in [9.17, 15) is 0 Å². The molecule has 3 rings (SSSR count). The molecule has 2 unspecified atom stereocenters. The van der Waals surface area contributed by atoms with Gasteiger partial charge in [0.15, 0.2) is 5.82 Å². The Bertz CT molecular complexity index is 815. The number of benzene rings is 2. The van der Waals surface area contributed by atoms with E-state index in [0.717, 1.165) is 24.4 Å². The summed E-state index contributed by atoms with van der Waals surface area (Å²) in [6.07, 6.45) is 2.72. The number of aryl methyl sites for hydroxylation is 1. The highest BCUT2D eigenvalue weighted by Gasteiger charge is 2.16. The number of methoxy groups -OCH3 is 1. The fourth-order valence-corrected chi connectivity index (χ4v) is 3.05. The van der Waals surface area contributed by atoms with Crippen molar-refractivity contribution in [1.29, 1.82) is 0 Å². The van der Waals surface area contributed by atoms with E-state index < -0.39 is 0 Å². The molecule has 142 valence electrons. The van der Waals surface area contributed by atoms with Gasteiger partial charge in [0.2, 0.25) is 5.89 Å². The summed E-state index contributed by atoms with van der Waals surface area (Å²) in [6, 6.07) is 18.8. The molecule has 0 amide bonds. The lowest BCUT2D eigenvalue weighted by Crippen LogP contribution is -2.29. The van der Waals surface area contributed by atoms with Gasteiger partial charge >= 0.3 is 0 Å². The molecule has 3 aromatic rings. The molecule has 1 N–H and O–H groups in total. The van der Waals surface area contributed by atoms with Crippen molar-refractivity contribution in [1.82, 2.24) is 15.5 Å². The van der Waals surface area contributed by atoms with Crippen LogP contribution < -0.4 is 10.1 Å². The molecule has 0 saturated heterocycles. The number of aromatic nitrogens is 2. The zero-order valence-corrected chi connectivity index (χ0v) is 16.2. The summed E-state index contributed by atoms with van der Waals surface area (Å²) in [5.74, 6) is 2.24. The van der Waals surface area contributed by atoms with Gasteiger partial charge in [-0.1, -0.05) is 47.6 Å². The van der Waals surface area contributed by atoms with Crippen molar-refractivity contribution in [2.45, 2.75) is 45.2 Å². The normalized spacial score (nSPS) is 13.3.